The van der Waals surface area contributed by atoms with Crippen LogP contribution in [0.4, 0.5) is 20.6 Å². The molecule has 1 aliphatic heterocycles. The minimum atomic E-state index is -0.337. The summed E-state index contributed by atoms with van der Waals surface area (Å²) < 4.78 is 13.4. The summed E-state index contributed by atoms with van der Waals surface area (Å²) in [6.07, 6.45) is 1.60. The van der Waals surface area contributed by atoms with Crippen LogP contribution < -0.4 is 16.6 Å². The molecule has 2 aromatic carbocycles. The topological polar surface area (TPSA) is 91.2 Å². The lowest BCUT2D eigenvalue weighted by atomic mass is 10.0. The van der Waals surface area contributed by atoms with Crippen LogP contribution in [0.2, 0.25) is 0 Å². The number of carbonyl (C=O) groups excluding carboxylic acids is 1. The third-order valence-electron chi connectivity index (χ3n) is 5.00. The molecule has 0 saturated carbocycles. The second-order valence-corrected chi connectivity index (χ2v) is 6.85. The van der Waals surface area contributed by atoms with E-state index in [1.165, 1.54) is 12.1 Å². The second kappa shape index (κ2) is 6.84. The van der Waals surface area contributed by atoms with E-state index in [9.17, 15) is 14.0 Å². The van der Waals surface area contributed by atoms with Gasteiger partial charge in [-0.2, -0.15) is 0 Å². The van der Waals surface area contributed by atoms with Crippen molar-refractivity contribution in [3.63, 3.8) is 0 Å². The second-order valence-electron chi connectivity index (χ2n) is 6.85. The van der Waals surface area contributed by atoms with Gasteiger partial charge in [-0.3, -0.25) is 4.79 Å². The van der Waals surface area contributed by atoms with Gasteiger partial charge in [0.1, 0.15) is 5.82 Å². The van der Waals surface area contributed by atoms with Gasteiger partial charge in [0, 0.05) is 30.5 Å². The number of aromatic nitrogens is 1. The zero-order chi connectivity index (χ0) is 19.8. The van der Waals surface area contributed by atoms with Gasteiger partial charge in [-0.15, -0.1) is 0 Å². The number of nitrogen functional groups attached to an aromatic ring is 1. The van der Waals surface area contributed by atoms with Crippen LogP contribution in [-0.4, -0.2) is 15.9 Å². The van der Waals surface area contributed by atoms with Gasteiger partial charge in [0.25, 0.3) is 5.56 Å². The average molecular weight is 378 g/mol. The van der Waals surface area contributed by atoms with Gasteiger partial charge in [-0.1, -0.05) is 18.2 Å². The molecule has 2 heterocycles. The maximum absolute atomic E-state index is 13.4. The number of anilines is 2. The maximum Gasteiger partial charge on any atom is 0.322 e. The van der Waals surface area contributed by atoms with E-state index < -0.39 is 0 Å². The number of H-pyrrole nitrogens is 1. The van der Waals surface area contributed by atoms with E-state index in [4.69, 9.17) is 5.73 Å². The molecule has 0 fully saturated rings. The smallest absolute Gasteiger partial charge is 0.322 e. The summed E-state index contributed by atoms with van der Waals surface area (Å²) in [5.41, 5.74) is 10.4. The van der Waals surface area contributed by atoms with E-state index >= 15 is 0 Å². The predicted molar refractivity (Wildman–Crippen MR) is 106 cm³/mol. The van der Waals surface area contributed by atoms with Gasteiger partial charge >= 0.3 is 6.03 Å². The molecule has 2 amide bonds. The number of pyridine rings is 1. The Bertz CT molecular complexity index is 1140. The summed E-state index contributed by atoms with van der Waals surface area (Å²) in [6.45, 7) is 2.70. The molecule has 142 valence electrons. The quantitative estimate of drug-likeness (QED) is 0.636. The van der Waals surface area contributed by atoms with E-state index in [0.29, 0.717) is 18.8 Å². The van der Waals surface area contributed by atoms with Gasteiger partial charge in [0.15, 0.2) is 0 Å². The van der Waals surface area contributed by atoms with Crippen molar-refractivity contribution in [2.75, 3.05) is 11.1 Å². The van der Waals surface area contributed by atoms with Crippen LogP contribution >= 0.6 is 0 Å². The number of fused-ring (bicyclic) bond motifs is 1. The van der Waals surface area contributed by atoms with E-state index in [1.54, 1.807) is 23.2 Å². The molecule has 6 nitrogen and oxygen atoms in total. The Labute approximate surface area is 160 Å². The molecule has 0 bridgehead atoms. The Morgan fingerprint density at radius 3 is 2.75 bits per heavy atom. The molecule has 3 aromatic rings. The van der Waals surface area contributed by atoms with Crippen LogP contribution in [0.5, 0.6) is 0 Å². The number of benzene rings is 2. The third-order valence-corrected chi connectivity index (χ3v) is 5.00. The third kappa shape index (κ3) is 3.22. The first kappa shape index (κ1) is 17.8. The molecule has 0 aliphatic carbocycles. The number of urea groups is 1. The Morgan fingerprint density at radius 2 is 1.96 bits per heavy atom. The largest absolute Gasteiger partial charge is 0.394 e. The summed E-state index contributed by atoms with van der Waals surface area (Å²) >= 11 is 0. The fraction of sp³-hybridized carbons (Fsp3) is 0.143. The number of aromatic amines is 1. The van der Waals surface area contributed by atoms with Crippen LogP contribution in [0.1, 0.15) is 16.7 Å². The lowest BCUT2D eigenvalue weighted by Crippen LogP contribution is -2.30. The standard InChI is InChI=1S/C21H19FN4O2/c1-12-17(14-8-18(23)20(27)24-9-14)3-2-4-19(12)25-21(28)26-10-13-5-6-16(22)7-15(13)11-26/h2-9H,10-11,23H2,1H3,(H,24,27)(H,25,28). The van der Waals surface area contributed by atoms with Crippen LogP contribution in [0.3, 0.4) is 0 Å². The molecule has 1 aliphatic rings. The zero-order valence-electron chi connectivity index (χ0n) is 15.3. The fourth-order valence-corrected chi connectivity index (χ4v) is 3.44. The molecular weight excluding hydrogens is 359 g/mol. The van der Waals surface area contributed by atoms with E-state index in [1.807, 2.05) is 25.1 Å². The molecule has 0 atom stereocenters. The minimum Gasteiger partial charge on any atom is -0.394 e. The van der Waals surface area contributed by atoms with Crippen molar-refractivity contribution in [1.82, 2.24) is 9.88 Å². The van der Waals surface area contributed by atoms with E-state index in [2.05, 4.69) is 10.3 Å². The number of halogens is 1. The van der Waals surface area contributed by atoms with Crippen molar-refractivity contribution < 1.29 is 9.18 Å². The van der Waals surface area contributed by atoms with Crippen molar-refractivity contribution in [1.29, 1.82) is 0 Å². The van der Waals surface area contributed by atoms with Crippen molar-refractivity contribution in [2.45, 2.75) is 20.0 Å². The molecule has 0 radical (unpaired) electrons. The van der Waals surface area contributed by atoms with Crippen LogP contribution in [-0.2, 0) is 13.1 Å². The van der Waals surface area contributed by atoms with Crippen LogP contribution in [0.15, 0.2) is 53.5 Å². The summed E-state index contributed by atoms with van der Waals surface area (Å²) in [5.74, 6) is -0.301. The van der Waals surface area contributed by atoms with E-state index in [0.717, 1.165) is 27.8 Å². The first-order valence-electron chi connectivity index (χ1n) is 8.84. The Hall–Kier alpha value is -3.61. The zero-order valence-corrected chi connectivity index (χ0v) is 15.3. The Balaban J connectivity index is 1.56. The number of hydrogen-bond donors (Lipinski definition) is 3. The molecule has 4 rings (SSSR count). The van der Waals surface area contributed by atoms with Gasteiger partial charge < -0.3 is 20.9 Å². The highest BCUT2D eigenvalue weighted by atomic mass is 19.1. The minimum absolute atomic E-state index is 0.133. The highest BCUT2D eigenvalue weighted by Gasteiger charge is 2.24. The normalized spacial score (nSPS) is 12.7. The summed E-state index contributed by atoms with van der Waals surface area (Å²) in [5, 5.41) is 2.93. The first-order chi connectivity index (χ1) is 13.4. The highest BCUT2D eigenvalue weighted by molar-refractivity contribution is 5.92. The lowest BCUT2D eigenvalue weighted by molar-refractivity contribution is 0.212. The monoisotopic (exact) mass is 378 g/mol. The van der Waals surface area contributed by atoms with Crippen LogP contribution in [0, 0.1) is 12.7 Å². The van der Waals surface area contributed by atoms with Gasteiger partial charge in [0.2, 0.25) is 0 Å². The first-order valence-corrected chi connectivity index (χ1v) is 8.84. The average Bonchev–Trinajstić information content (AvgIpc) is 3.09. The highest BCUT2D eigenvalue weighted by Crippen LogP contribution is 2.30. The van der Waals surface area contributed by atoms with Crippen LogP contribution in [0.25, 0.3) is 11.1 Å². The number of nitrogens with two attached hydrogens (primary N) is 1. The summed E-state index contributed by atoms with van der Waals surface area (Å²) in [7, 11) is 0. The van der Waals surface area contributed by atoms with Gasteiger partial charge in [-0.05, 0) is 53.4 Å². The predicted octanol–water partition coefficient (Wildman–Crippen LogP) is 3.62. The summed E-state index contributed by atoms with van der Waals surface area (Å²) in [4.78, 5) is 28.5. The SMILES string of the molecule is Cc1c(NC(=O)N2Cc3ccc(F)cc3C2)cccc1-c1c[nH]c(=O)c(N)c1. The fourth-order valence-electron chi connectivity index (χ4n) is 3.44. The molecule has 4 N–H and O–H groups in total. The molecule has 0 spiro atoms. The maximum atomic E-state index is 13.4. The van der Waals surface area contributed by atoms with Crippen molar-refractivity contribution in [3.8, 4) is 11.1 Å². The van der Waals surface area contributed by atoms with Crippen molar-refractivity contribution in [3.05, 3.63) is 81.5 Å². The summed E-state index contributed by atoms with van der Waals surface area (Å²) in [6, 6.07) is 11.5. The Morgan fingerprint density at radius 1 is 1.18 bits per heavy atom. The number of hydrogen-bond acceptors (Lipinski definition) is 3. The van der Waals surface area contributed by atoms with E-state index in [-0.39, 0.29) is 23.1 Å². The lowest BCUT2D eigenvalue weighted by Gasteiger charge is -2.18. The molecule has 1 aromatic heterocycles. The van der Waals surface area contributed by atoms with Gasteiger partial charge in [-0.25, -0.2) is 9.18 Å². The Kier molecular flexibility index (Phi) is 4.35. The number of carbonyl (C=O) groups is 1. The molecule has 0 unspecified atom stereocenters. The number of rotatable bonds is 2. The van der Waals surface area contributed by atoms with Crippen molar-refractivity contribution in [2.24, 2.45) is 0 Å². The number of nitrogens with one attached hydrogen (secondary N) is 2. The molecule has 28 heavy (non-hydrogen) atoms. The molecule has 7 heteroatoms. The number of nitrogens with zero attached hydrogens (tertiary/aromatic N) is 1. The molecular formula is C21H19FN4O2. The van der Waals surface area contributed by atoms with Crippen molar-refractivity contribution >= 4 is 17.4 Å². The van der Waals surface area contributed by atoms with Gasteiger partial charge in [0.05, 0.1) is 5.69 Å². The molecule has 0 saturated heterocycles. The number of amides is 2.